The van der Waals surface area contributed by atoms with Gasteiger partial charge in [-0.1, -0.05) is 42.5 Å². The van der Waals surface area contributed by atoms with Gasteiger partial charge in [-0.05, 0) is 64.7 Å². The van der Waals surface area contributed by atoms with E-state index >= 15 is 0 Å². The lowest BCUT2D eigenvalue weighted by molar-refractivity contribution is -0.0860. The molecule has 3 atom stereocenters. The highest BCUT2D eigenvalue weighted by Gasteiger charge is 2.40. The number of carbonyl (C=O) groups excluding carboxylic acids is 1. The maximum absolute atomic E-state index is 12.6. The molecule has 2 aliphatic heterocycles. The SMILES string of the molecule is Cc1nc2ccccc2n1C1CC2COCC(C1)N2CC[C@@H](NC(=O)OC(C)(C)C)c1ccccc1. The second kappa shape index (κ2) is 10.2. The number of rotatable bonds is 6. The summed E-state index contributed by atoms with van der Waals surface area (Å²) in [6, 6.07) is 19.6. The normalized spacial score (nSPS) is 23.4. The number of hydrogen-bond acceptors (Lipinski definition) is 5. The van der Waals surface area contributed by atoms with Gasteiger partial charge in [0.2, 0.25) is 0 Å². The van der Waals surface area contributed by atoms with E-state index in [1.54, 1.807) is 0 Å². The van der Waals surface area contributed by atoms with Crippen molar-refractivity contribution in [3.63, 3.8) is 0 Å². The van der Waals surface area contributed by atoms with E-state index in [1.807, 2.05) is 39.0 Å². The van der Waals surface area contributed by atoms with Crippen LogP contribution in [-0.2, 0) is 9.47 Å². The molecule has 7 nitrogen and oxygen atoms in total. The van der Waals surface area contributed by atoms with E-state index in [1.165, 1.54) is 5.52 Å². The standard InChI is InChI=1S/C29H38N4O3/c1-20-30-26-12-8-9-13-27(26)33(20)22-16-23-18-35-19-24(17-22)32(23)15-14-25(21-10-6-5-7-11-21)31-28(34)36-29(2,3)4/h5-13,22-25H,14-19H2,1-4H3,(H,31,34)/t22?,23?,24?,25-/m1/s1. The number of benzene rings is 2. The number of ether oxygens (including phenoxy) is 2. The number of nitrogens with one attached hydrogen (secondary N) is 1. The van der Waals surface area contributed by atoms with Crippen molar-refractivity contribution in [2.75, 3.05) is 19.8 Å². The van der Waals surface area contributed by atoms with Crippen LogP contribution in [0.5, 0.6) is 0 Å². The van der Waals surface area contributed by atoms with E-state index < -0.39 is 5.60 Å². The summed E-state index contributed by atoms with van der Waals surface area (Å²) in [6.07, 6.45) is 2.51. The van der Waals surface area contributed by atoms with E-state index in [2.05, 4.69) is 58.1 Å². The minimum absolute atomic E-state index is 0.111. The Kier molecular flexibility index (Phi) is 7.04. The molecule has 2 aromatic carbocycles. The van der Waals surface area contributed by atoms with Gasteiger partial charge in [-0.3, -0.25) is 4.90 Å². The fourth-order valence-electron chi connectivity index (χ4n) is 5.90. The lowest BCUT2D eigenvalue weighted by Crippen LogP contribution is -2.57. The summed E-state index contributed by atoms with van der Waals surface area (Å²) >= 11 is 0. The summed E-state index contributed by atoms with van der Waals surface area (Å²) in [7, 11) is 0. The summed E-state index contributed by atoms with van der Waals surface area (Å²) in [6.45, 7) is 10.2. The smallest absolute Gasteiger partial charge is 0.408 e. The van der Waals surface area contributed by atoms with Crippen LogP contribution < -0.4 is 5.32 Å². The van der Waals surface area contributed by atoms with Crippen LogP contribution in [-0.4, -0.2) is 58.0 Å². The predicted octanol–water partition coefficient (Wildman–Crippen LogP) is 5.41. The van der Waals surface area contributed by atoms with Crippen molar-refractivity contribution in [3.8, 4) is 0 Å². The van der Waals surface area contributed by atoms with Crippen molar-refractivity contribution >= 4 is 17.1 Å². The first kappa shape index (κ1) is 24.8. The zero-order valence-electron chi connectivity index (χ0n) is 21.8. The first-order valence-corrected chi connectivity index (χ1v) is 13.1. The third-order valence-electron chi connectivity index (χ3n) is 7.35. The van der Waals surface area contributed by atoms with Gasteiger partial charge in [0.25, 0.3) is 0 Å². The van der Waals surface area contributed by atoms with Crippen molar-refractivity contribution < 1.29 is 14.3 Å². The first-order valence-electron chi connectivity index (χ1n) is 13.1. The molecule has 2 unspecified atom stereocenters. The van der Waals surface area contributed by atoms with Crippen LogP contribution in [0.2, 0.25) is 0 Å². The highest BCUT2D eigenvalue weighted by atomic mass is 16.6. The Morgan fingerprint density at radius 2 is 1.72 bits per heavy atom. The average molecular weight is 491 g/mol. The number of hydrogen-bond donors (Lipinski definition) is 1. The number of carbonyl (C=O) groups is 1. The summed E-state index contributed by atoms with van der Waals surface area (Å²) in [4.78, 5) is 20.1. The number of para-hydroxylation sites is 2. The van der Waals surface area contributed by atoms with Crippen LogP contribution in [0.4, 0.5) is 4.79 Å². The molecular weight excluding hydrogens is 452 g/mol. The number of imidazole rings is 1. The van der Waals surface area contributed by atoms with Gasteiger partial charge in [0.05, 0.1) is 30.3 Å². The van der Waals surface area contributed by atoms with Crippen LogP contribution in [0.25, 0.3) is 11.0 Å². The minimum atomic E-state index is -0.531. The van der Waals surface area contributed by atoms with Crippen molar-refractivity contribution in [3.05, 3.63) is 66.0 Å². The second-order valence-electron chi connectivity index (χ2n) is 11.1. The summed E-state index contributed by atoms with van der Waals surface area (Å²) in [5.41, 5.74) is 2.85. The van der Waals surface area contributed by atoms with Crippen molar-refractivity contribution in [2.24, 2.45) is 0 Å². The van der Waals surface area contributed by atoms with Crippen molar-refractivity contribution in [1.82, 2.24) is 19.8 Å². The monoisotopic (exact) mass is 490 g/mol. The Bertz CT molecular complexity index is 1170. The van der Waals surface area contributed by atoms with Gasteiger partial charge in [0, 0.05) is 24.7 Å². The third kappa shape index (κ3) is 5.42. The fourth-order valence-corrected chi connectivity index (χ4v) is 5.90. The molecule has 7 heteroatoms. The van der Waals surface area contributed by atoms with E-state index in [0.29, 0.717) is 18.1 Å². The number of aryl methyl sites for hydroxylation is 1. The molecule has 2 bridgehead atoms. The number of aromatic nitrogens is 2. The number of amides is 1. The molecule has 5 rings (SSSR count). The summed E-state index contributed by atoms with van der Waals surface area (Å²) < 4.78 is 14.0. The molecular formula is C29H38N4O3. The highest BCUT2D eigenvalue weighted by Crippen LogP contribution is 2.37. The van der Waals surface area contributed by atoms with Crippen LogP contribution >= 0.6 is 0 Å². The van der Waals surface area contributed by atoms with Crippen LogP contribution in [0.3, 0.4) is 0 Å². The largest absolute Gasteiger partial charge is 0.444 e. The van der Waals surface area contributed by atoms with Crippen molar-refractivity contribution in [1.29, 1.82) is 0 Å². The first-order chi connectivity index (χ1) is 17.3. The Balaban J connectivity index is 1.30. The maximum Gasteiger partial charge on any atom is 0.408 e. The van der Waals surface area contributed by atoms with Crippen LogP contribution in [0.1, 0.15) is 63.5 Å². The molecule has 0 aliphatic carbocycles. The van der Waals surface area contributed by atoms with Gasteiger partial charge in [-0.15, -0.1) is 0 Å². The molecule has 3 aromatic rings. The summed E-state index contributed by atoms with van der Waals surface area (Å²) in [5.74, 6) is 1.08. The molecule has 2 aliphatic rings. The van der Waals surface area contributed by atoms with Gasteiger partial charge < -0.3 is 19.4 Å². The third-order valence-corrected chi connectivity index (χ3v) is 7.35. The fraction of sp³-hybridized carbons (Fsp3) is 0.517. The number of alkyl carbamates (subject to hydrolysis) is 1. The molecule has 1 N–H and O–H groups in total. The highest BCUT2D eigenvalue weighted by molar-refractivity contribution is 5.76. The molecule has 0 saturated carbocycles. The second-order valence-corrected chi connectivity index (χ2v) is 11.1. The minimum Gasteiger partial charge on any atom is -0.444 e. The molecule has 3 heterocycles. The lowest BCUT2D eigenvalue weighted by atomic mass is 9.89. The Morgan fingerprint density at radius 1 is 1.06 bits per heavy atom. The van der Waals surface area contributed by atoms with Gasteiger partial charge >= 0.3 is 6.09 Å². The van der Waals surface area contributed by atoms with E-state index in [-0.39, 0.29) is 12.1 Å². The van der Waals surface area contributed by atoms with E-state index in [4.69, 9.17) is 14.5 Å². The summed E-state index contributed by atoms with van der Waals surface area (Å²) in [5, 5.41) is 3.12. The molecule has 1 amide bonds. The Labute approximate surface area is 213 Å². The Morgan fingerprint density at radius 3 is 2.42 bits per heavy atom. The number of fused-ring (bicyclic) bond motifs is 3. The van der Waals surface area contributed by atoms with Crippen LogP contribution in [0.15, 0.2) is 54.6 Å². The lowest BCUT2D eigenvalue weighted by Gasteiger charge is -2.49. The number of nitrogens with zero attached hydrogens (tertiary/aromatic N) is 3. The molecule has 36 heavy (non-hydrogen) atoms. The number of piperidine rings is 1. The van der Waals surface area contributed by atoms with E-state index in [9.17, 15) is 4.79 Å². The average Bonchev–Trinajstić information content (AvgIpc) is 3.16. The topological polar surface area (TPSA) is 68.6 Å². The van der Waals surface area contributed by atoms with Crippen LogP contribution in [0, 0.1) is 6.92 Å². The van der Waals surface area contributed by atoms with Gasteiger partial charge in [0.1, 0.15) is 11.4 Å². The van der Waals surface area contributed by atoms with E-state index in [0.717, 1.165) is 55.9 Å². The Hall–Kier alpha value is -2.90. The molecule has 0 spiro atoms. The van der Waals surface area contributed by atoms with Gasteiger partial charge in [-0.2, -0.15) is 0 Å². The molecule has 2 fully saturated rings. The molecule has 2 saturated heterocycles. The molecule has 1 aromatic heterocycles. The van der Waals surface area contributed by atoms with Crippen molar-refractivity contribution in [2.45, 2.75) is 76.7 Å². The quantitative estimate of drug-likeness (QED) is 0.501. The predicted molar refractivity (Wildman–Crippen MR) is 141 cm³/mol. The van der Waals surface area contributed by atoms with Gasteiger partial charge in [0.15, 0.2) is 0 Å². The zero-order valence-corrected chi connectivity index (χ0v) is 21.8. The molecule has 0 radical (unpaired) electrons. The maximum atomic E-state index is 12.6. The molecule has 192 valence electrons. The number of morpholine rings is 1. The van der Waals surface area contributed by atoms with Gasteiger partial charge in [-0.25, -0.2) is 9.78 Å². The zero-order chi connectivity index (χ0) is 25.3.